The van der Waals surface area contributed by atoms with Crippen LogP contribution < -0.4 is 4.72 Å². The highest BCUT2D eigenvalue weighted by Gasteiger charge is 2.20. The van der Waals surface area contributed by atoms with E-state index in [1.165, 1.54) is 42.5 Å². The minimum absolute atomic E-state index is 0.0356. The monoisotopic (exact) mass is 406 g/mol. The molecule has 0 aliphatic heterocycles. The fraction of sp³-hybridized carbons (Fsp3) is 0.381. The van der Waals surface area contributed by atoms with Crippen LogP contribution in [0.1, 0.15) is 38.1 Å². The van der Waals surface area contributed by atoms with Crippen LogP contribution in [0.3, 0.4) is 0 Å². The maximum Gasteiger partial charge on any atom is 0.261 e. The summed E-state index contributed by atoms with van der Waals surface area (Å²) < 4.78 is 40.9. The number of anilines is 1. The van der Waals surface area contributed by atoms with Crippen molar-refractivity contribution in [3.05, 3.63) is 59.9 Å². The summed E-state index contributed by atoms with van der Waals surface area (Å²) in [5.41, 5.74) is 0.300. The Hall–Kier alpha value is -2.41. The molecule has 1 amide bonds. The summed E-state index contributed by atoms with van der Waals surface area (Å²) in [6, 6.07) is 11.3. The predicted molar refractivity (Wildman–Crippen MR) is 109 cm³/mol. The van der Waals surface area contributed by atoms with Gasteiger partial charge in [-0.05, 0) is 48.2 Å². The lowest BCUT2D eigenvalue weighted by molar-refractivity contribution is 0.0715. The van der Waals surface area contributed by atoms with Crippen molar-refractivity contribution in [3.63, 3.8) is 0 Å². The van der Waals surface area contributed by atoms with Crippen LogP contribution in [0, 0.1) is 17.7 Å². The molecule has 152 valence electrons. The molecule has 7 heteroatoms. The summed E-state index contributed by atoms with van der Waals surface area (Å²) in [7, 11) is -3.95. The molecule has 28 heavy (non-hydrogen) atoms. The number of carbonyl (C=O) groups excluding carboxylic acids is 1. The first-order valence-corrected chi connectivity index (χ1v) is 10.7. The smallest absolute Gasteiger partial charge is 0.261 e. The van der Waals surface area contributed by atoms with E-state index in [0.717, 1.165) is 0 Å². The summed E-state index contributed by atoms with van der Waals surface area (Å²) in [6.45, 7) is 9.45. The lowest BCUT2D eigenvalue weighted by atomic mass is 10.1. The molecule has 0 spiro atoms. The van der Waals surface area contributed by atoms with Crippen molar-refractivity contribution in [2.45, 2.75) is 32.6 Å². The molecule has 0 unspecified atom stereocenters. The van der Waals surface area contributed by atoms with Gasteiger partial charge in [0, 0.05) is 18.7 Å². The third-order valence-corrected chi connectivity index (χ3v) is 5.37. The van der Waals surface area contributed by atoms with Gasteiger partial charge in [-0.25, -0.2) is 12.8 Å². The first-order chi connectivity index (χ1) is 13.1. The molecule has 2 rings (SSSR count). The minimum atomic E-state index is -3.95. The topological polar surface area (TPSA) is 66.5 Å². The van der Waals surface area contributed by atoms with Crippen LogP contribution in [0.4, 0.5) is 10.1 Å². The SMILES string of the molecule is CC(C)CN(CC(C)C)C(=O)c1ccc(S(=O)(=O)Nc2ccccc2F)cc1. The van der Waals surface area contributed by atoms with Crippen LogP contribution in [0.25, 0.3) is 0 Å². The van der Waals surface area contributed by atoms with E-state index in [9.17, 15) is 17.6 Å². The second-order valence-electron chi connectivity index (χ2n) is 7.61. The highest BCUT2D eigenvalue weighted by Crippen LogP contribution is 2.20. The minimum Gasteiger partial charge on any atom is -0.338 e. The van der Waals surface area contributed by atoms with Crippen molar-refractivity contribution in [1.82, 2.24) is 4.90 Å². The molecule has 2 aromatic carbocycles. The lowest BCUT2D eigenvalue weighted by Crippen LogP contribution is -2.37. The Labute approximate surface area is 166 Å². The van der Waals surface area contributed by atoms with E-state index >= 15 is 0 Å². The molecule has 0 aliphatic rings. The second-order valence-corrected chi connectivity index (χ2v) is 9.29. The highest BCUT2D eigenvalue weighted by atomic mass is 32.2. The summed E-state index contributed by atoms with van der Waals surface area (Å²) in [5, 5.41) is 0. The first kappa shape index (κ1) is 21.9. The number of benzene rings is 2. The van der Waals surface area contributed by atoms with E-state index in [1.807, 2.05) is 27.7 Å². The Morgan fingerprint density at radius 3 is 2.00 bits per heavy atom. The third kappa shape index (κ3) is 5.79. The Bertz CT molecular complexity index is 900. The highest BCUT2D eigenvalue weighted by molar-refractivity contribution is 7.92. The maximum absolute atomic E-state index is 13.7. The molecule has 0 aliphatic carbocycles. The number of hydrogen-bond acceptors (Lipinski definition) is 3. The van der Waals surface area contributed by atoms with E-state index in [4.69, 9.17) is 0 Å². The van der Waals surface area contributed by atoms with Gasteiger partial charge >= 0.3 is 0 Å². The average molecular weight is 407 g/mol. The van der Waals surface area contributed by atoms with Crippen LogP contribution in [0.2, 0.25) is 0 Å². The van der Waals surface area contributed by atoms with Crippen LogP contribution in [0.15, 0.2) is 53.4 Å². The number of nitrogens with zero attached hydrogens (tertiary/aromatic N) is 1. The molecular formula is C21H27FN2O3S. The zero-order valence-corrected chi connectivity index (χ0v) is 17.5. The van der Waals surface area contributed by atoms with Gasteiger partial charge in [0.15, 0.2) is 0 Å². The molecule has 0 heterocycles. The molecule has 0 atom stereocenters. The van der Waals surface area contributed by atoms with Crippen molar-refractivity contribution < 1.29 is 17.6 Å². The second kappa shape index (κ2) is 9.19. The quantitative estimate of drug-likeness (QED) is 0.707. The zero-order valence-electron chi connectivity index (χ0n) is 16.6. The van der Waals surface area contributed by atoms with Gasteiger partial charge in [-0.15, -0.1) is 0 Å². The molecule has 5 nitrogen and oxygen atoms in total. The van der Waals surface area contributed by atoms with E-state index < -0.39 is 15.8 Å². The molecule has 0 aromatic heterocycles. The number of sulfonamides is 1. The predicted octanol–water partition coefficient (Wildman–Crippen LogP) is 4.38. The van der Waals surface area contributed by atoms with Crippen LogP contribution in [-0.4, -0.2) is 32.3 Å². The molecule has 0 radical (unpaired) electrons. The van der Waals surface area contributed by atoms with E-state index in [0.29, 0.717) is 30.5 Å². The van der Waals surface area contributed by atoms with Crippen molar-refractivity contribution in [2.75, 3.05) is 17.8 Å². The molecule has 1 N–H and O–H groups in total. The van der Waals surface area contributed by atoms with Gasteiger partial charge in [0.05, 0.1) is 10.6 Å². The summed E-state index contributed by atoms with van der Waals surface area (Å²) >= 11 is 0. The number of carbonyl (C=O) groups is 1. The molecular weight excluding hydrogens is 379 g/mol. The van der Waals surface area contributed by atoms with E-state index in [2.05, 4.69) is 4.72 Å². The standard InChI is InChI=1S/C21H27FN2O3S/c1-15(2)13-24(14-16(3)4)21(25)17-9-11-18(12-10-17)28(26,27)23-20-8-6-5-7-19(20)22/h5-12,15-16,23H,13-14H2,1-4H3. The molecule has 2 aromatic rings. The van der Waals surface area contributed by atoms with Gasteiger partial charge < -0.3 is 4.90 Å². The molecule has 0 saturated carbocycles. The number of rotatable bonds is 8. The van der Waals surface area contributed by atoms with Gasteiger partial charge in [-0.2, -0.15) is 0 Å². The molecule has 0 saturated heterocycles. The van der Waals surface area contributed by atoms with Crippen molar-refractivity contribution in [3.8, 4) is 0 Å². The van der Waals surface area contributed by atoms with Gasteiger partial charge in [-0.3, -0.25) is 9.52 Å². The molecule has 0 fully saturated rings. The maximum atomic E-state index is 13.7. The summed E-state index contributed by atoms with van der Waals surface area (Å²) in [6.07, 6.45) is 0. The van der Waals surface area contributed by atoms with Crippen LogP contribution >= 0.6 is 0 Å². The van der Waals surface area contributed by atoms with Gasteiger partial charge in [0.2, 0.25) is 0 Å². The van der Waals surface area contributed by atoms with Crippen LogP contribution in [-0.2, 0) is 10.0 Å². The lowest BCUT2D eigenvalue weighted by Gasteiger charge is -2.26. The van der Waals surface area contributed by atoms with Gasteiger partial charge in [-0.1, -0.05) is 39.8 Å². The Morgan fingerprint density at radius 1 is 0.964 bits per heavy atom. The largest absolute Gasteiger partial charge is 0.338 e. The molecule has 0 bridgehead atoms. The Kier molecular flexibility index (Phi) is 7.18. The van der Waals surface area contributed by atoms with E-state index in [-0.39, 0.29) is 16.5 Å². The van der Waals surface area contributed by atoms with Crippen molar-refractivity contribution >= 4 is 21.6 Å². The van der Waals surface area contributed by atoms with E-state index in [1.54, 1.807) is 11.0 Å². The van der Waals surface area contributed by atoms with Gasteiger partial charge in [0.25, 0.3) is 15.9 Å². The first-order valence-electron chi connectivity index (χ1n) is 9.27. The van der Waals surface area contributed by atoms with Gasteiger partial charge in [0.1, 0.15) is 5.82 Å². The normalized spacial score (nSPS) is 11.7. The number of nitrogens with one attached hydrogen (secondary N) is 1. The fourth-order valence-corrected chi connectivity index (χ4v) is 3.90. The average Bonchev–Trinajstić information content (AvgIpc) is 2.62. The van der Waals surface area contributed by atoms with Crippen LogP contribution in [0.5, 0.6) is 0 Å². The third-order valence-electron chi connectivity index (χ3n) is 3.99. The number of amides is 1. The Balaban J connectivity index is 2.21. The fourth-order valence-electron chi connectivity index (χ4n) is 2.83. The summed E-state index contributed by atoms with van der Waals surface area (Å²) in [5.74, 6) is -0.135. The van der Waals surface area contributed by atoms with Crippen molar-refractivity contribution in [2.24, 2.45) is 11.8 Å². The zero-order chi connectivity index (χ0) is 20.9. The number of para-hydroxylation sites is 1. The number of hydrogen-bond donors (Lipinski definition) is 1. The number of halogens is 1. The Morgan fingerprint density at radius 2 is 1.50 bits per heavy atom. The summed E-state index contributed by atoms with van der Waals surface area (Å²) in [4.78, 5) is 14.6. The van der Waals surface area contributed by atoms with Crippen molar-refractivity contribution in [1.29, 1.82) is 0 Å².